The fourth-order valence-corrected chi connectivity index (χ4v) is 3.03. The number of amides is 1. The van der Waals surface area contributed by atoms with Gasteiger partial charge < -0.3 is 9.73 Å². The van der Waals surface area contributed by atoms with Crippen molar-refractivity contribution in [3.63, 3.8) is 0 Å². The third-order valence-electron chi connectivity index (χ3n) is 3.59. The highest BCUT2D eigenvalue weighted by atomic mass is 127. The second-order valence-corrected chi connectivity index (χ2v) is 6.13. The van der Waals surface area contributed by atoms with Crippen molar-refractivity contribution in [1.82, 2.24) is 9.78 Å². The van der Waals surface area contributed by atoms with Crippen molar-refractivity contribution in [1.29, 1.82) is 0 Å². The van der Waals surface area contributed by atoms with Gasteiger partial charge in [0.1, 0.15) is 11.6 Å². The van der Waals surface area contributed by atoms with Crippen molar-refractivity contribution < 1.29 is 9.21 Å². The summed E-state index contributed by atoms with van der Waals surface area (Å²) in [4.78, 5) is 12.0. The van der Waals surface area contributed by atoms with Crippen LogP contribution < -0.4 is 5.32 Å². The Bertz CT molecular complexity index is 653. The van der Waals surface area contributed by atoms with E-state index in [4.69, 9.17) is 4.42 Å². The first kappa shape index (κ1) is 14.4. The van der Waals surface area contributed by atoms with Crippen LogP contribution in [0.25, 0.3) is 6.08 Å². The molecule has 0 aromatic carbocycles. The lowest BCUT2D eigenvalue weighted by atomic mass is 10.2. The number of hydrogen-bond acceptors (Lipinski definition) is 3. The van der Waals surface area contributed by atoms with E-state index in [1.807, 2.05) is 22.9 Å². The summed E-state index contributed by atoms with van der Waals surface area (Å²) >= 11 is 2.09. The molecule has 2 heterocycles. The Labute approximate surface area is 136 Å². The molecule has 1 aliphatic rings. The largest absolute Gasteiger partial charge is 0.451 e. The minimum Gasteiger partial charge on any atom is -0.451 e. The van der Waals surface area contributed by atoms with Crippen molar-refractivity contribution in [2.45, 2.75) is 31.7 Å². The molecule has 0 radical (unpaired) electrons. The fraction of sp³-hybridized carbons (Fsp3) is 0.333. The minimum absolute atomic E-state index is 0.179. The minimum atomic E-state index is -0.179. The van der Waals surface area contributed by atoms with Crippen LogP contribution in [0, 0.1) is 3.77 Å². The molecule has 110 valence electrons. The van der Waals surface area contributed by atoms with Gasteiger partial charge in [-0.1, -0.05) is 12.8 Å². The molecule has 0 aliphatic heterocycles. The molecule has 0 unspecified atom stereocenters. The number of anilines is 1. The van der Waals surface area contributed by atoms with Gasteiger partial charge in [-0.05, 0) is 53.6 Å². The van der Waals surface area contributed by atoms with Crippen LogP contribution in [0.5, 0.6) is 0 Å². The molecule has 6 heteroatoms. The Morgan fingerprint density at radius 2 is 2.19 bits per heavy atom. The van der Waals surface area contributed by atoms with Crippen LogP contribution in [-0.2, 0) is 4.79 Å². The van der Waals surface area contributed by atoms with Crippen LogP contribution >= 0.6 is 22.6 Å². The molecule has 1 saturated carbocycles. The first-order valence-electron chi connectivity index (χ1n) is 7.00. The highest BCUT2D eigenvalue weighted by Gasteiger charge is 2.20. The summed E-state index contributed by atoms with van der Waals surface area (Å²) in [6.07, 6.45) is 9.58. The average molecular weight is 397 g/mol. The Balaban J connectivity index is 1.65. The highest BCUT2D eigenvalue weighted by Crippen LogP contribution is 2.31. The number of furan rings is 1. The second-order valence-electron chi connectivity index (χ2n) is 5.06. The van der Waals surface area contributed by atoms with Gasteiger partial charge in [0.15, 0.2) is 3.77 Å². The first-order chi connectivity index (χ1) is 10.2. The number of rotatable bonds is 4. The maximum absolute atomic E-state index is 12.0. The number of carbonyl (C=O) groups excluding carboxylic acids is 1. The number of nitrogens with one attached hydrogen (secondary N) is 1. The van der Waals surface area contributed by atoms with Crippen molar-refractivity contribution in [3.05, 3.63) is 40.0 Å². The molecular formula is C15H16IN3O2. The first-order valence-corrected chi connectivity index (χ1v) is 8.08. The topological polar surface area (TPSA) is 60.1 Å². The standard InChI is InChI=1S/C15H16IN3O2/c16-13-7-5-12(21-13)6-8-15(20)18-14-9-10-17-19(14)11-3-1-2-4-11/h5-11H,1-4H2,(H,18,20)/b8-6+. The van der Waals surface area contributed by atoms with Gasteiger partial charge in [-0.3, -0.25) is 4.79 Å². The lowest BCUT2D eigenvalue weighted by Gasteiger charge is -2.13. The van der Waals surface area contributed by atoms with E-state index in [1.54, 1.807) is 12.3 Å². The van der Waals surface area contributed by atoms with E-state index in [-0.39, 0.29) is 5.91 Å². The summed E-state index contributed by atoms with van der Waals surface area (Å²) in [5.74, 6) is 1.24. The second kappa shape index (κ2) is 6.46. The zero-order valence-corrected chi connectivity index (χ0v) is 13.6. The highest BCUT2D eigenvalue weighted by molar-refractivity contribution is 14.1. The summed E-state index contributed by atoms with van der Waals surface area (Å²) in [5, 5.41) is 7.21. The molecule has 2 aromatic rings. The van der Waals surface area contributed by atoms with Crippen molar-refractivity contribution >= 4 is 40.4 Å². The molecule has 0 atom stereocenters. The zero-order valence-electron chi connectivity index (χ0n) is 11.5. The zero-order chi connectivity index (χ0) is 14.7. The van der Waals surface area contributed by atoms with E-state index in [0.29, 0.717) is 11.8 Å². The van der Waals surface area contributed by atoms with Gasteiger partial charge in [-0.2, -0.15) is 5.10 Å². The van der Waals surface area contributed by atoms with E-state index < -0.39 is 0 Å². The SMILES string of the molecule is O=C(/C=C/c1ccc(I)o1)Nc1ccnn1C1CCCC1. The predicted molar refractivity (Wildman–Crippen MR) is 88.8 cm³/mol. The van der Waals surface area contributed by atoms with Crippen LogP contribution in [0.15, 0.2) is 34.9 Å². The monoisotopic (exact) mass is 397 g/mol. The Hall–Kier alpha value is -1.57. The quantitative estimate of drug-likeness (QED) is 0.630. The van der Waals surface area contributed by atoms with Crippen LogP contribution in [-0.4, -0.2) is 15.7 Å². The predicted octanol–water partition coefficient (Wildman–Crippen LogP) is 3.85. The van der Waals surface area contributed by atoms with Crippen LogP contribution in [0.1, 0.15) is 37.5 Å². The van der Waals surface area contributed by atoms with Gasteiger partial charge in [0.2, 0.25) is 5.91 Å². The summed E-state index contributed by atoms with van der Waals surface area (Å²) in [5.41, 5.74) is 0. The average Bonchev–Trinajstić information content (AvgIpc) is 3.16. The molecule has 0 bridgehead atoms. The van der Waals surface area contributed by atoms with Crippen molar-refractivity contribution in [2.24, 2.45) is 0 Å². The number of aromatic nitrogens is 2. The van der Waals surface area contributed by atoms with Gasteiger partial charge in [0.25, 0.3) is 0 Å². The molecule has 0 saturated heterocycles. The molecule has 3 rings (SSSR count). The molecule has 21 heavy (non-hydrogen) atoms. The summed E-state index contributed by atoms with van der Waals surface area (Å²) in [6.45, 7) is 0. The lowest BCUT2D eigenvalue weighted by molar-refractivity contribution is -0.111. The number of nitrogens with zero attached hydrogens (tertiary/aromatic N) is 2. The Kier molecular flexibility index (Phi) is 4.42. The van der Waals surface area contributed by atoms with Crippen LogP contribution in [0.4, 0.5) is 5.82 Å². The normalized spacial score (nSPS) is 15.9. The van der Waals surface area contributed by atoms with E-state index in [1.165, 1.54) is 18.9 Å². The van der Waals surface area contributed by atoms with Crippen LogP contribution in [0.2, 0.25) is 0 Å². The molecule has 1 N–H and O–H groups in total. The lowest BCUT2D eigenvalue weighted by Crippen LogP contribution is -2.15. The number of carbonyl (C=O) groups is 1. The molecule has 5 nitrogen and oxygen atoms in total. The molecule has 1 aliphatic carbocycles. The van der Waals surface area contributed by atoms with Gasteiger partial charge in [0.05, 0.1) is 12.2 Å². The van der Waals surface area contributed by atoms with Crippen molar-refractivity contribution in [3.8, 4) is 0 Å². The number of hydrogen-bond donors (Lipinski definition) is 1. The van der Waals surface area contributed by atoms with Crippen molar-refractivity contribution in [2.75, 3.05) is 5.32 Å². The molecule has 1 fully saturated rings. The maximum Gasteiger partial charge on any atom is 0.249 e. The molecular weight excluding hydrogens is 381 g/mol. The Morgan fingerprint density at radius 3 is 2.90 bits per heavy atom. The van der Waals surface area contributed by atoms with Gasteiger partial charge in [-0.25, -0.2) is 4.68 Å². The third-order valence-corrected chi connectivity index (χ3v) is 4.16. The maximum atomic E-state index is 12.0. The van der Waals surface area contributed by atoms with Crippen LogP contribution in [0.3, 0.4) is 0 Å². The van der Waals surface area contributed by atoms with E-state index in [9.17, 15) is 4.79 Å². The van der Waals surface area contributed by atoms with Gasteiger partial charge >= 0.3 is 0 Å². The van der Waals surface area contributed by atoms with E-state index in [2.05, 4.69) is 33.0 Å². The van der Waals surface area contributed by atoms with E-state index >= 15 is 0 Å². The molecule has 2 aromatic heterocycles. The smallest absolute Gasteiger partial charge is 0.249 e. The van der Waals surface area contributed by atoms with Gasteiger partial charge in [0, 0.05) is 12.1 Å². The molecule has 1 amide bonds. The third kappa shape index (κ3) is 3.55. The summed E-state index contributed by atoms with van der Waals surface area (Å²) in [7, 11) is 0. The van der Waals surface area contributed by atoms with Gasteiger partial charge in [-0.15, -0.1) is 0 Å². The molecule has 0 spiro atoms. The summed E-state index contributed by atoms with van der Waals surface area (Å²) in [6, 6.07) is 5.92. The summed E-state index contributed by atoms with van der Waals surface area (Å²) < 4.78 is 8.10. The fourth-order valence-electron chi connectivity index (χ4n) is 2.60. The number of halogens is 1. The Morgan fingerprint density at radius 1 is 1.38 bits per heavy atom. The van der Waals surface area contributed by atoms with E-state index in [0.717, 1.165) is 22.4 Å².